The fourth-order valence-electron chi connectivity index (χ4n) is 3.94. The van der Waals surface area contributed by atoms with Gasteiger partial charge in [0.25, 0.3) is 5.91 Å². The van der Waals surface area contributed by atoms with Crippen LogP contribution in [-0.4, -0.2) is 68.0 Å². The Balaban J connectivity index is 0.00000363. The number of nitrogens with zero attached hydrogens (tertiary/aromatic N) is 3. The second-order valence-electron chi connectivity index (χ2n) is 8.31. The predicted molar refractivity (Wildman–Crippen MR) is 138 cm³/mol. The Kier molecular flexibility index (Phi) is 10.5. The van der Waals surface area contributed by atoms with Crippen molar-refractivity contribution in [3.05, 3.63) is 24.3 Å². The van der Waals surface area contributed by atoms with Crippen molar-refractivity contribution in [2.75, 3.05) is 44.2 Å². The van der Waals surface area contributed by atoms with Gasteiger partial charge in [0.2, 0.25) is 5.91 Å². The fraction of sp³-hybridized carbons (Fsp3) is 0.609. The third-order valence-electron chi connectivity index (χ3n) is 5.60. The largest absolute Gasteiger partial charge is 0.482 e. The van der Waals surface area contributed by atoms with Crippen molar-refractivity contribution >= 4 is 47.4 Å². The van der Waals surface area contributed by atoms with Crippen LogP contribution in [0.15, 0.2) is 29.3 Å². The van der Waals surface area contributed by atoms with Gasteiger partial charge in [-0.15, -0.1) is 24.0 Å². The normalized spacial score (nSPS) is 16.9. The number of guanidine groups is 1. The number of halogens is 1. The lowest BCUT2D eigenvalue weighted by Crippen LogP contribution is -2.50. The van der Waals surface area contributed by atoms with Gasteiger partial charge in [0.15, 0.2) is 12.6 Å². The first-order valence-corrected chi connectivity index (χ1v) is 11.4. The maximum Gasteiger partial charge on any atom is 0.265 e. The van der Waals surface area contributed by atoms with E-state index in [0.29, 0.717) is 19.1 Å². The van der Waals surface area contributed by atoms with Crippen LogP contribution in [0.3, 0.4) is 0 Å². The Bertz CT molecular complexity index is 794. The Labute approximate surface area is 208 Å². The van der Waals surface area contributed by atoms with Gasteiger partial charge in [-0.25, -0.2) is 0 Å². The quantitative estimate of drug-likeness (QED) is 0.233. The van der Waals surface area contributed by atoms with E-state index in [0.717, 1.165) is 56.3 Å². The first-order valence-electron chi connectivity index (χ1n) is 11.4. The maximum atomic E-state index is 12.3. The summed E-state index contributed by atoms with van der Waals surface area (Å²) in [4.78, 5) is 32.9. The van der Waals surface area contributed by atoms with Crippen molar-refractivity contribution < 1.29 is 14.3 Å². The number of anilines is 1. The summed E-state index contributed by atoms with van der Waals surface area (Å²) in [7, 11) is 0. The number of ether oxygens (including phenoxy) is 1. The standard InChI is InChI=1S/C23H35N5O3.HI/c1-4-24-23(26-18-10-14-27(15-11-18)22(30)17(2)3)25-12-7-13-28-19-8-5-6-9-20(19)31-16-21(28)29;/h5-6,8-9,17-18H,4,7,10-16H2,1-3H3,(H2,24,25,26);1H. The van der Waals surface area contributed by atoms with Crippen molar-refractivity contribution in [2.45, 2.75) is 46.1 Å². The van der Waals surface area contributed by atoms with Crippen LogP contribution in [-0.2, 0) is 9.59 Å². The minimum Gasteiger partial charge on any atom is -0.482 e. The molecule has 1 aromatic rings. The highest BCUT2D eigenvalue weighted by Crippen LogP contribution is 2.31. The van der Waals surface area contributed by atoms with E-state index in [9.17, 15) is 9.59 Å². The molecule has 1 saturated heterocycles. The highest BCUT2D eigenvalue weighted by atomic mass is 127. The zero-order valence-corrected chi connectivity index (χ0v) is 21.6. The maximum absolute atomic E-state index is 12.3. The summed E-state index contributed by atoms with van der Waals surface area (Å²) in [5.74, 6) is 1.81. The molecule has 0 atom stereocenters. The van der Waals surface area contributed by atoms with Gasteiger partial charge >= 0.3 is 0 Å². The van der Waals surface area contributed by atoms with Crippen molar-refractivity contribution in [3.63, 3.8) is 0 Å². The molecule has 8 nitrogen and oxygen atoms in total. The summed E-state index contributed by atoms with van der Waals surface area (Å²) in [6.45, 7) is 9.61. The van der Waals surface area contributed by atoms with Gasteiger partial charge in [0.05, 0.1) is 5.69 Å². The lowest BCUT2D eigenvalue weighted by molar-refractivity contribution is -0.135. The lowest BCUT2D eigenvalue weighted by atomic mass is 10.0. The number of carbonyl (C=O) groups excluding carboxylic acids is 2. The van der Waals surface area contributed by atoms with Crippen LogP contribution < -0.4 is 20.3 Å². The first kappa shape index (κ1) is 26.2. The van der Waals surface area contributed by atoms with Crippen LogP contribution in [0, 0.1) is 5.92 Å². The van der Waals surface area contributed by atoms with Gasteiger partial charge in [-0.05, 0) is 38.3 Å². The molecule has 0 bridgehead atoms. The van der Waals surface area contributed by atoms with Gasteiger partial charge < -0.3 is 25.2 Å². The predicted octanol–water partition coefficient (Wildman–Crippen LogP) is 2.62. The Morgan fingerprint density at radius 1 is 1.25 bits per heavy atom. The second-order valence-corrected chi connectivity index (χ2v) is 8.31. The van der Waals surface area contributed by atoms with E-state index < -0.39 is 0 Å². The molecule has 1 fully saturated rings. The smallest absolute Gasteiger partial charge is 0.265 e. The molecule has 32 heavy (non-hydrogen) atoms. The molecule has 2 amide bonds. The van der Waals surface area contributed by atoms with Crippen LogP contribution in [0.1, 0.15) is 40.0 Å². The molecule has 178 valence electrons. The lowest BCUT2D eigenvalue weighted by Gasteiger charge is -2.34. The molecule has 0 radical (unpaired) electrons. The van der Waals surface area contributed by atoms with E-state index in [4.69, 9.17) is 9.73 Å². The average molecular weight is 557 g/mol. The molecular weight excluding hydrogens is 521 g/mol. The highest BCUT2D eigenvalue weighted by molar-refractivity contribution is 14.0. The molecule has 2 heterocycles. The van der Waals surface area contributed by atoms with Gasteiger partial charge in [0, 0.05) is 44.7 Å². The number of nitrogens with one attached hydrogen (secondary N) is 2. The monoisotopic (exact) mass is 557 g/mol. The molecule has 2 N–H and O–H groups in total. The first-order chi connectivity index (χ1) is 15.0. The summed E-state index contributed by atoms with van der Waals surface area (Å²) in [6, 6.07) is 7.94. The summed E-state index contributed by atoms with van der Waals surface area (Å²) < 4.78 is 5.50. The van der Waals surface area contributed by atoms with Crippen molar-refractivity contribution in [2.24, 2.45) is 10.9 Å². The zero-order chi connectivity index (χ0) is 22.2. The number of hydrogen-bond donors (Lipinski definition) is 2. The number of para-hydroxylation sites is 2. The third-order valence-corrected chi connectivity index (χ3v) is 5.60. The van der Waals surface area contributed by atoms with E-state index in [-0.39, 0.29) is 48.3 Å². The number of piperidine rings is 1. The van der Waals surface area contributed by atoms with Crippen LogP contribution in [0.5, 0.6) is 5.75 Å². The van der Waals surface area contributed by atoms with Gasteiger partial charge in [-0.2, -0.15) is 0 Å². The second kappa shape index (κ2) is 12.9. The molecule has 0 saturated carbocycles. The average Bonchev–Trinajstić information content (AvgIpc) is 2.78. The topological polar surface area (TPSA) is 86.3 Å². The number of benzene rings is 1. The van der Waals surface area contributed by atoms with Gasteiger partial charge in [0.1, 0.15) is 5.75 Å². The number of aliphatic imine (C=N–C) groups is 1. The number of fused-ring (bicyclic) bond motifs is 1. The molecule has 0 aliphatic carbocycles. The highest BCUT2D eigenvalue weighted by Gasteiger charge is 2.25. The van der Waals surface area contributed by atoms with Crippen LogP contribution in [0.25, 0.3) is 0 Å². The van der Waals surface area contributed by atoms with E-state index in [1.165, 1.54) is 0 Å². The summed E-state index contributed by atoms with van der Waals surface area (Å²) in [6.07, 6.45) is 2.60. The SMILES string of the molecule is CCNC(=NCCCN1C(=O)COc2ccccc21)NC1CCN(C(=O)C(C)C)CC1.I. The molecule has 2 aliphatic heterocycles. The summed E-state index contributed by atoms with van der Waals surface area (Å²) in [5.41, 5.74) is 0.829. The number of amides is 2. The van der Waals surface area contributed by atoms with E-state index in [1.807, 2.05) is 49.9 Å². The van der Waals surface area contributed by atoms with E-state index in [1.54, 1.807) is 4.90 Å². The van der Waals surface area contributed by atoms with Crippen molar-refractivity contribution in [1.82, 2.24) is 15.5 Å². The fourth-order valence-corrected chi connectivity index (χ4v) is 3.94. The zero-order valence-electron chi connectivity index (χ0n) is 19.3. The van der Waals surface area contributed by atoms with Crippen molar-refractivity contribution in [3.8, 4) is 5.75 Å². The Hall–Kier alpha value is -2.04. The molecule has 0 unspecified atom stereocenters. The number of likely N-dealkylation sites (tertiary alicyclic amines) is 1. The molecule has 0 aromatic heterocycles. The third kappa shape index (κ3) is 6.98. The molecule has 2 aliphatic rings. The summed E-state index contributed by atoms with van der Waals surface area (Å²) in [5, 5.41) is 6.81. The number of hydrogen-bond acceptors (Lipinski definition) is 4. The minimum atomic E-state index is -0.0181. The van der Waals surface area contributed by atoms with Gasteiger partial charge in [-0.1, -0.05) is 26.0 Å². The molecule has 9 heteroatoms. The van der Waals surface area contributed by atoms with Gasteiger partial charge in [-0.3, -0.25) is 14.6 Å². The minimum absolute atomic E-state index is 0. The number of carbonyl (C=O) groups is 2. The molecular formula is C23H36IN5O3. The van der Waals surface area contributed by atoms with Crippen LogP contribution in [0.2, 0.25) is 0 Å². The Morgan fingerprint density at radius 3 is 2.66 bits per heavy atom. The van der Waals surface area contributed by atoms with Crippen LogP contribution in [0.4, 0.5) is 5.69 Å². The van der Waals surface area contributed by atoms with E-state index in [2.05, 4.69) is 10.6 Å². The number of rotatable bonds is 7. The van der Waals surface area contributed by atoms with E-state index >= 15 is 0 Å². The summed E-state index contributed by atoms with van der Waals surface area (Å²) >= 11 is 0. The molecule has 1 aromatic carbocycles. The molecule has 0 spiro atoms. The van der Waals surface area contributed by atoms with Crippen LogP contribution >= 0.6 is 24.0 Å². The Morgan fingerprint density at radius 2 is 1.97 bits per heavy atom. The van der Waals surface area contributed by atoms with Crippen molar-refractivity contribution in [1.29, 1.82) is 0 Å². The molecule has 3 rings (SSSR count).